The predicted molar refractivity (Wildman–Crippen MR) is 95.7 cm³/mol. The fraction of sp³-hybridized carbons (Fsp3) is 0.353. The van der Waals surface area contributed by atoms with Crippen LogP contribution in [0.4, 0.5) is 5.13 Å². The third-order valence-electron chi connectivity index (χ3n) is 4.36. The second-order valence-corrected chi connectivity index (χ2v) is 7.00. The van der Waals surface area contributed by atoms with Gasteiger partial charge in [-0.05, 0) is 30.9 Å². The lowest BCUT2D eigenvalue weighted by Gasteiger charge is -2.32. The third kappa shape index (κ3) is 3.58. The van der Waals surface area contributed by atoms with Gasteiger partial charge in [0.2, 0.25) is 0 Å². The van der Waals surface area contributed by atoms with Gasteiger partial charge in [0.05, 0.1) is 6.26 Å². The SMILES string of the molecule is O=C(NCC1CCCN(c2nccs2)C1)c1cc(-c2ccco2)[nH]n1. The highest BCUT2D eigenvalue weighted by molar-refractivity contribution is 7.13. The van der Waals surface area contributed by atoms with Gasteiger partial charge in [0.25, 0.3) is 5.91 Å². The average Bonchev–Trinajstić information content (AvgIpc) is 3.41. The van der Waals surface area contributed by atoms with E-state index >= 15 is 0 Å². The van der Waals surface area contributed by atoms with Gasteiger partial charge in [-0.2, -0.15) is 5.10 Å². The zero-order valence-electron chi connectivity index (χ0n) is 13.6. The number of furan rings is 1. The number of amides is 1. The van der Waals surface area contributed by atoms with E-state index in [2.05, 4.69) is 25.4 Å². The number of rotatable bonds is 5. The molecule has 1 unspecified atom stereocenters. The van der Waals surface area contributed by atoms with E-state index in [1.54, 1.807) is 29.7 Å². The van der Waals surface area contributed by atoms with Crippen LogP contribution in [0.5, 0.6) is 0 Å². The molecule has 130 valence electrons. The number of hydrogen-bond acceptors (Lipinski definition) is 6. The first-order valence-corrected chi connectivity index (χ1v) is 9.19. The Morgan fingerprint density at radius 2 is 2.48 bits per heavy atom. The second kappa shape index (κ2) is 7.10. The summed E-state index contributed by atoms with van der Waals surface area (Å²) in [5.74, 6) is 0.920. The molecule has 0 aliphatic carbocycles. The third-order valence-corrected chi connectivity index (χ3v) is 5.19. The van der Waals surface area contributed by atoms with Gasteiger partial charge in [0, 0.05) is 37.3 Å². The summed E-state index contributed by atoms with van der Waals surface area (Å²) in [5, 5.41) is 13.0. The zero-order valence-corrected chi connectivity index (χ0v) is 14.5. The molecule has 3 aromatic heterocycles. The van der Waals surface area contributed by atoms with Gasteiger partial charge in [-0.15, -0.1) is 11.3 Å². The summed E-state index contributed by atoms with van der Waals surface area (Å²) < 4.78 is 5.30. The van der Waals surface area contributed by atoms with Gasteiger partial charge in [0.1, 0.15) is 5.69 Å². The topological polar surface area (TPSA) is 87.0 Å². The Bertz CT molecular complexity index is 812. The van der Waals surface area contributed by atoms with E-state index in [4.69, 9.17) is 4.42 Å². The van der Waals surface area contributed by atoms with Crippen LogP contribution in [0.1, 0.15) is 23.3 Å². The second-order valence-electron chi connectivity index (χ2n) is 6.12. The number of H-pyrrole nitrogens is 1. The molecule has 1 aliphatic rings. The summed E-state index contributed by atoms with van der Waals surface area (Å²) in [6.45, 7) is 2.60. The maximum Gasteiger partial charge on any atom is 0.271 e. The van der Waals surface area contributed by atoms with E-state index < -0.39 is 0 Å². The Morgan fingerprint density at radius 1 is 1.52 bits per heavy atom. The minimum absolute atomic E-state index is 0.166. The lowest BCUT2D eigenvalue weighted by molar-refractivity contribution is 0.0940. The molecule has 4 heterocycles. The Balaban J connectivity index is 1.32. The number of aromatic amines is 1. The van der Waals surface area contributed by atoms with E-state index in [0.29, 0.717) is 29.6 Å². The average molecular weight is 357 g/mol. The van der Waals surface area contributed by atoms with Crippen LogP contribution in [-0.4, -0.2) is 40.7 Å². The van der Waals surface area contributed by atoms with Crippen molar-refractivity contribution in [1.82, 2.24) is 20.5 Å². The van der Waals surface area contributed by atoms with Crippen molar-refractivity contribution in [3.05, 3.63) is 41.7 Å². The zero-order chi connectivity index (χ0) is 17.1. The number of carbonyl (C=O) groups is 1. The summed E-state index contributed by atoms with van der Waals surface area (Å²) in [5.41, 5.74) is 1.07. The van der Waals surface area contributed by atoms with Gasteiger partial charge in [-0.1, -0.05) is 0 Å². The Kier molecular flexibility index (Phi) is 4.51. The van der Waals surface area contributed by atoms with E-state index in [1.165, 1.54) is 0 Å². The molecule has 7 nitrogen and oxygen atoms in total. The summed E-state index contributed by atoms with van der Waals surface area (Å²) in [7, 11) is 0. The largest absolute Gasteiger partial charge is 0.463 e. The first kappa shape index (κ1) is 15.9. The standard InChI is InChI=1S/C17H19N5O2S/c23-16(14-9-13(20-21-14)15-4-2-7-24-15)19-10-12-3-1-6-22(11-12)17-18-5-8-25-17/h2,4-5,7-9,12H,1,3,6,10-11H2,(H,19,23)(H,20,21). The van der Waals surface area contributed by atoms with E-state index in [1.807, 2.05) is 17.6 Å². The molecule has 0 spiro atoms. The molecule has 0 saturated carbocycles. The molecule has 1 fully saturated rings. The number of anilines is 1. The lowest BCUT2D eigenvalue weighted by atomic mass is 9.98. The first-order chi connectivity index (χ1) is 12.3. The number of nitrogens with one attached hydrogen (secondary N) is 2. The van der Waals surface area contributed by atoms with Crippen LogP contribution in [-0.2, 0) is 0 Å². The molecular formula is C17H19N5O2S. The molecule has 0 radical (unpaired) electrons. The number of carbonyl (C=O) groups excluding carboxylic acids is 1. The molecule has 1 aliphatic heterocycles. The number of piperidine rings is 1. The summed E-state index contributed by atoms with van der Waals surface area (Å²) in [6, 6.07) is 5.33. The van der Waals surface area contributed by atoms with Crippen LogP contribution in [0.2, 0.25) is 0 Å². The fourth-order valence-corrected chi connectivity index (χ4v) is 3.78. The van der Waals surface area contributed by atoms with Gasteiger partial charge < -0.3 is 14.6 Å². The van der Waals surface area contributed by atoms with Crippen molar-refractivity contribution in [2.45, 2.75) is 12.8 Å². The van der Waals surface area contributed by atoms with Crippen molar-refractivity contribution < 1.29 is 9.21 Å². The van der Waals surface area contributed by atoms with E-state index in [-0.39, 0.29) is 5.91 Å². The quantitative estimate of drug-likeness (QED) is 0.733. The lowest BCUT2D eigenvalue weighted by Crippen LogP contribution is -2.41. The fourth-order valence-electron chi connectivity index (χ4n) is 3.10. The first-order valence-electron chi connectivity index (χ1n) is 8.31. The maximum absolute atomic E-state index is 12.3. The van der Waals surface area contributed by atoms with Crippen LogP contribution >= 0.6 is 11.3 Å². The highest BCUT2D eigenvalue weighted by Gasteiger charge is 2.22. The van der Waals surface area contributed by atoms with Crippen molar-refractivity contribution in [3.63, 3.8) is 0 Å². The van der Waals surface area contributed by atoms with E-state index in [9.17, 15) is 4.79 Å². The number of thiazole rings is 1. The summed E-state index contributed by atoms with van der Waals surface area (Å²) in [4.78, 5) is 19.0. The molecule has 0 aromatic carbocycles. The van der Waals surface area contributed by atoms with E-state index in [0.717, 1.165) is 31.1 Å². The van der Waals surface area contributed by atoms with Crippen molar-refractivity contribution in [1.29, 1.82) is 0 Å². The summed E-state index contributed by atoms with van der Waals surface area (Å²) >= 11 is 1.66. The number of hydrogen-bond donors (Lipinski definition) is 2. The van der Waals surface area contributed by atoms with Gasteiger partial charge in [-0.25, -0.2) is 4.98 Å². The molecule has 1 amide bonds. The van der Waals surface area contributed by atoms with Gasteiger partial charge in [0.15, 0.2) is 16.6 Å². The monoisotopic (exact) mass is 357 g/mol. The number of nitrogens with zero attached hydrogens (tertiary/aromatic N) is 3. The van der Waals surface area contributed by atoms with Crippen molar-refractivity contribution >= 4 is 22.4 Å². The molecule has 1 saturated heterocycles. The minimum Gasteiger partial charge on any atom is -0.463 e. The molecule has 8 heteroatoms. The normalized spacial score (nSPS) is 17.6. The molecular weight excluding hydrogens is 338 g/mol. The van der Waals surface area contributed by atoms with Gasteiger partial charge in [-0.3, -0.25) is 9.89 Å². The molecule has 3 aromatic rings. The number of aromatic nitrogens is 3. The van der Waals surface area contributed by atoms with Crippen molar-refractivity contribution in [2.75, 3.05) is 24.5 Å². The van der Waals surface area contributed by atoms with Crippen LogP contribution in [0.15, 0.2) is 40.5 Å². The van der Waals surface area contributed by atoms with Crippen molar-refractivity contribution in [2.24, 2.45) is 5.92 Å². The predicted octanol–water partition coefficient (Wildman–Crippen LogP) is 2.77. The van der Waals surface area contributed by atoms with Crippen LogP contribution < -0.4 is 10.2 Å². The molecule has 1 atom stereocenters. The Hall–Kier alpha value is -2.61. The summed E-state index contributed by atoms with van der Waals surface area (Å²) in [6.07, 6.45) is 5.65. The molecule has 4 rings (SSSR count). The molecule has 25 heavy (non-hydrogen) atoms. The van der Waals surface area contributed by atoms with Crippen LogP contribution in [0.3, 0.4) is 0 Å². The van der Waals surface area contributed by atoms with Crippen LogP contribution in [0, 0.1) is 5.92 Å². The maximum atomic E-state index is 12.3. The Morgan fingerprint density at radius 3 is 3.28 bits per heavy atom. The highest BCUT2D eigenvalue weighted by atomic mass is 32.1. The van der Waals surface area contributed by atoms with Gasteiger partial charge >= 0.3 is 0 Å². The van der Waals surface area contributed by atoms with Crippen molar-refractivity contribution in [3.8, 4) is 11.5 Å². The minimum atomic E-state index is -0.166. The molecule has 2 N–H and O–H groups in total. The smallest absolute Gasteiger partial charge is 0.271 e. The Labute approximate surface area is 149 Å². The van der Waals surface area contributed by atoms with Crippen LogP contribution in [0.25, 0.3) is 11.5 Å². The highest BCUT2D eigenvalue weighted by Crippen LogP contribution is 2.24. The molecule has 0 bridgehead atoms.